The highest BCUT2D eigenvalue weighted by Crippen LogP contribution is 2.24. The number of amides is 2. The molecule has 26 heavy (non-hydrogen) atoms. The summed E-state index contributed by atoms with van der Waals surface area (Å²) in [6, 6.07) is 13.2. The van der Waals surface area contributed by atoms with Crippen LogP contribution in [0.2, 0.25) is 0 Å². The van der Waals surface area contributed by atoms with E-state index in [1.54, 1.807) is 0 Å². The van der Waals surface area contributed by atoms with Gasteiger partial charge in [-0.25, -0.2) is 4.39 Å². The van der Waals surface area contributed by atoms with Crippen molar-refractivity contribution in [2.24, 2.45) is 0 Å². The fourth-order valence-corrected chi connectivity index (χ4v) is 3.08. The highest BCUT2D eigenvalue weighted by molar-refractivity contribution is 6.01. The molecule has 1 aliphatic rings. The Morgan fingerprint density at radius 3 is 2.23 bits per heavy atom. The maximum atomic E-state index is 12.9. The van der Waals surface area contributed by atoms with Crippen LogP contribution in [0.3, 0.4) is 0 Å². The maximum Gasteiger partial charge on any atom is 0.244 e. The number of rotatable bonds is 5. The number of nitrogens with zero attached hydrogens (tertiary/aromatic N) is 2. The first-order valence-corrected chi connectivity index (χ1v) is 8.71. The van der Waals surface area contributed by atoms with Gasteiger partial charge in [-0.05, 0) is 61.4 Å². The molecule has 3 rings (SSSR count). The van der Waals surface area contributed by atoms with Gasteiger partial charge in [0.25, 0.3) is 0 Å². The molecule has 0 aromatic heterocycles. The quantitative estimate of drug-likeness (QED) is 0.894. The first-order valence-electron chi connectivity index (χ1n) is 8.71. The summed E-state index contributed by atoms with van der Waals surface area (Å²) in [5.74, 6) is -0.921. The molecule has 1 N–H and O–H groups in total. The summed E-state index contributed by atoms with van der Waals surface area (Å²) < 4.78 is 12.9. The van der Waals surface area contributed by atoms with Crippen LogP contribution < -0.4 is 15.1 Å². The third kappa shape index (κ3) is 4.39. The van der Waals surface area contributed by atoms with Gasteiger partial charge in [-0.15, -0.1) is 0 Å². The number of halogens is 1. The van der Waals surface area contributed by atoms with Crippen LogP contribution in [0, 0.1) is 5.82 Å². The van der Waals surface area contributed by atoms with Crippen molar-refractivity contribution in [2.45, 2.75) is 19.8 Å². The molecule has 6 heteroatoms. The Balaban J connectivity index is 1.67. The Morgan fingerprint density at radius 1 is 1.04 bits per heavy atom. The summed E-state index contributed by atoms with van der Waals surface area (Å²) in [4.78, 5) is 28.0. The van der Waals surface area contributed by atoms with Gasteiger partial charge in [0, 0.05) is 37.1 Å². The van der Waals surface area contributed by atoms with Crippen molar-refractivity contribution < 1.29 is 14.0 Å². The van der Waals surface area contributed by atoms with Gasteiger partial charge >= 0.3 is 0 Å². The number of benzene rings is 2. The van der Waals surface area contributed by atoms with E-state index < -0.39 is 0 Å². The molecular formula is C20H22FN3O2. The number of anilines is 3. The topological polar surface area (TPSA) is 52.7 Å². The first-order chi connectivity index (χ1) is 12.5. The van der Waals surface area contributed by atoms with E-state index in [2.05, 4.69) is 10.2 Å². The van der Waals surface area contributed by atoms with Crippen LogP contribution in [0.25, 0.3) is 0 Å². The molecule has 0 radical (unpaired) electrons. The van der Waals surface area contributed by atoms with Gasteiger partial charge in [-0.1, -0.05) is 0 Å². The summed E-state index contributed by atoms with van der Waals surface area (Å²) in [7, 11) is 0. The van der Waals surface area contributed by atoms with Crippen LogP contribution in [0.15, 0.2) is 48.5 Å². The molecule has 2 aromatic rings. The minimum Gasteiger partial charge on any atom is -0.372 e. The van der Waals surface area contributed by atoms with E-state index in [0.29, 0.717) is 11.4 Å². The summed E-state index contributed by atoms with van der Waals surface area (Å²) in [5, 5.41) is 2.67. The third-order valence-corrected chi connectivity index (χ3v) is 4.44. The van der Waals surface area contributed by atoms with Crippen LogP contribution in [-0.2, 0) is 9.59 Å². The first kappa shape index (κ1) is 17.9. The molecule has 2 amide bonds. The fraction of sp³-hybridized carbons (Fsp3) is 0.300. The molecule has 0 saturated carbocycles. The van der Waals surface area contributed by atoms with E-state index in [0.717, 1.165) is 18.8 Å². The second kappa shape index (κ2) is 7.99. The SMILES string of the molecule is CC(=O)N(CC(=O)Nc1ccc(F)cc1)c1ccc(N2CCCC2)cc1. The van der Waals surface area contributed by atoms with Crippen LogP contribution in [0.1, 0.15) is 19.8 Å². The fourth-order valence-electron chi connectivity index (χ4n) is 3.08. The predicted octanol–water partition coefficient (Wildman–Crippen LogP) is 3.42. The molecule has 2 aromatic carbocycles. The van der Waals surface area contributed by atoms with Crippen molar-refractivity contribution >= 4 is 28.9 Å². The van der Waals surface area contributed by atoms with Gasteiger partial charge in [0.2, 0.25) is 11.8 Å². The Bertz CT molecular complexity index is 769. The van der Waals surface area contributed by atoms with Gasteiger partial charge in [0.1, 0.15) is 12.4 Å². The number of nitrogens with one attached hydrogen (secondary N) is 1. The monoisotopic (exact) mass is 355 g/mol. The van der Waals surface area contributed by atoms with Gasteiger partial charge in [-0.2, -0.15) is 0 Å². The van der Waals surface area contributed by atoms with E-state index in [1.807, 2.05) is 24.3 Å². The summed E-state index contributed by atoms with van der Waals surface area (Å²) in [6.07, 6.45) is 2.40. The molecule has 1 aliphatic heterocycles. The number of carbonyl (C=O) groups excluding carboxylic acids is 2. The van der Waals surface area contributed by atoms with E-state index >= 15 is 0 Å². The van der Waals surface area contributed by atoms with E-state index in [1.165, 1.54) is 48.9 Å². The van der Waals surface area contributed by atoms with Gasteiger partial charge in [-0.3, -0.25) is 9.59 Å². The van der Waals surface area contributed by atoms with E-state index in [9.17, 15) is 14.0 Å². The Hall–Kier alpha value is -2.89. The maximum absolute atomic E-state index is 12.9. The van der Waals surface area contributed by atoms with Crippen molar-refractivity contribution in [1.29, 1.82) is 0 Å². The lowest BCUT2D eigenvalue weighted by molar-refractivity contribution is -0.120. The minimum absolute atomic E-state index is 0.101. The zero-order chi connectivity index (χ0) is 18.5. The van der Waals surface area contributed by atoms with Crippen LogP contribution in [0.4, 0.5) is 21.5 Å². The highest BCUT2D eigenvalue weighted by Gasteiger charge is 2.17. The average Bonchev–Trinajstić information content (AvgIpc) is 3.16. The minimum atomic E-state index is -0.369. The molecule has 136 valence electrons. The predicted molar refractivity (Wildman–Crippen MR) is 101 cm³/mol. The largest absolute Gasteiger partial charge is 0.372 e. The van der Waals surface area contributed by atoms with Crippen molar-refractivity contribution in [3.05, 3.63) is 54.3 Å². The Labute approximate surface area is 152 Å². The molecule has 1 heterocycles. The zero-order valence-corrected chi connectivity index (χ0v) is 14.7. The van der Waals surface area contributed by atoms with Crippen molar-refractivity contribution in [2.75, 3.05) is 34.8 Å². The summed E-state index contributed by atoms with van der Waals surface area (Å²) in [6.45, 7) is 3.43. The third-order valence-electron chi connectivity index (χ3n) is 4.44. The lowest BCUT2D eigenvalue weighted by Gasteiger charge is -2.23. The lowest BCUT2D eigenvalue weighted by Crippen LogP contribution is -2.36. The molecule has 1 saturated heterocycles. The molecular weight excluding hydrogens is 333 g/mol. The standard InChI is InChI=1S/C20H22FN3O2/c1-15(25)24(14-20(26)22-17-6-4-16(21)5-7-17)19-10-8-18(9-11-19)23-12-2-3-13-23/h4-11H,2-3,12-14H2,1H3,(H,22,26). The van der Waals surface area contributed by atoms with Gasteiger partial charge in [0.15, 0.2) is 0 Å². The van der Waals surface area contributed by atoms with E-state index in [-0.39, 0.29) is 24.2 Å². The zero-order valence-electron chi connectivity index (χ0n) is 14.7. The molecule has 0 unspecified atom stereocenters. The number of carbonyl (C=O) groups is 2. The molecule has 1 fully saturated rings. The summed E-state index contributed by atoms with van der Waals surface area (Å²) in [5.41, 5.74) is 2.30. The molecule has 0 spiro atoms. The van der Waals surface area contributed by atoms with E-state index in [4.69, 9.17) is 0 Å². The van der Waals surface area contributed by atoms with Crippen LogP contribution >= 0.6 is 0 Å². The molecule has 5 nitrogen and oxygen atoms in total. The van der Waals surface area contributed by atoms with Crippen molar-refractivity contribution in [3.63, 3.8) is 0 Å². The van der Waals surface area contributed by atoms with Crippen molar-refractivity contribution in [1.82, 2.24) is 0 Å². The second-order valence-corrected chi connectivity index (χ2v) is 6.37. The Kier molecular flexibility index (Phi) is 5.51. The molecule has 0 bridgehead atoms. The smallest absolute Gasteiger partial charge is 0.244 e. The normalized spacial score (nSPS) is 13.5. The molecule has 0 atom stereocenters. The van der Waals surface area contributed by atoms with Gasteiger partial charge in [0.05, 0.1) is 0 Å². The highest BCUT2D eigenvalue weighted by atomic mass is 19.1. The van der Waals surface area contributed by atoms with Crippen molar-refractivity contribution in [3.8, 4) is 0 Å². The van der Waals surface area contributed by atoms with Gasteiger partial charge < -0.3 is 15.1 Å². The van der Waals surface area contributed by atoms with Crippen LogP contribution in [0.5, 0.6) is 0 Å². The number of hydrogen-bond acceptors (Lipinski definition) is 3. The Morgan fingerprint density at radius 2 is 1.65 bits per heavy atom. The van der Waals surface area contributed by atoms with Crippen LogP contribution in [-0.4, -0.2) is 31.4 Å². The summed E-state index contributed by atoms with van der Waals surface area (Å²) >= 11 is 0. The lowest BCUT2D eigenvalue weighted by atomic mass is 10.2. The second-order valence-electron chi connectivity index (χ2n) is 6.37. The molecule has 0 aliphatic carbocycles. The number of hydrogen-bond donors (Lipinski definition) is 1. The average molecular weight is 355 g/mol.